The highest BCUT2D eigenvalue weighted by molar-refractivity contribution is 6.02. The van der Waals surface area contributed by atoms with E-state index in [2.05, 4.69) is 5.32 Å². The molecule has 0 radical (unpaired) electrons. The Bertz CT molecular complexity index is 1110. The van der Waals surface area contributed by atoms with E-state index in [0.717, 1.165) is 33.9 Å². The Morgan fingerprint density at radius 2 is 1.69 bits per heavy atom. The number of benzene rings is 3. The van der Waals surface area contributed by atoms with Crippen molar-refractivity contribution < 1.29 is 19.3 Å². The Hall–Kier alpha value is -3.51. The van der Waals surface area contributed by atoms with Gasteiger partial charge in [-0.3, -0.25) is 10.3 Å². The fraction of sp³-hybridized carbons (Fsp3) is 0.269. The molecule has 0 spiro atoms. The molecule has 0 saturated carbocycles. The normalized spacial score (nSPS) is 18.0. The maximum Gasteiger partial charge on any atom is 0.162 e. The summed E-state index contributed by atoms with van der Waals surface area (Å²) in [4.78, 5) is 5.03. The average Bonchev–Trinajstić information content (AvgIpc) is 2.85. The molecule has 0 saturated heterocycles. The molecule has 0 unspecified atom stereocenters. The Morgan fingerprint density at radius 1 is 0.938 bits per heavy atom. The summed E-state index contributed by atoms with van der Waals surface area (Å²) < 4.78 is 16.6. The zero-order valence-electron chi connectivity index (χ0n) is 18.5. The van der Waals surface area contributed by atoms with Crippen LogP contribution in [0.25, 0.3) is 0 Å². The Morgan fingerprint density at radius 3 is 2.47 bits per heavy atom. The molecule has 4 rings (SSSR count). The standard InChI is InChI=1S/C26H28N2O4/c1-4-32-24-14-8-12-19(25(24)29)22-16-21(17-9-7-10-18(15-17)30-2)27-26(28-22)20-11-5-6-13-23(20)31-3/h5-15,22,26,28-29H,4,16H2,1-3H3/t22-,26-/m0/s1. The third-order valence-corrected chi connectivity index (χ3v) is 5.58. The summed E-state index contributed by atoms with van der Waals surface area (Å²) >= 11 is 0. The minimum Gasteiger partial charge on any atom is -0.504 e. The van der Waals surface area contributed by atoms with Gasteiger partial charge >= 0.3 is 0 Å². The van der Waals surface area contributed by atoms with Gasteiger partial charge < -0.3 is 19.3 Å². The number of phenols is 1. The van der Waals surface area contributed by atoms with Gasteiger partial charge in [-0.2, -0.15) is 0 Å². The van der Waals surface area contributed by atoms with Crippen LogP contribution in [0.2, 0.25) is 0 Å². The quantitative estimate of drug-likeness (QED) is 0.548. The van der Waals surface area contributed by atoms with E-state index in [0.29, 0.717) is 18.8 Å². The van der Waals surface area contributed by atoms with E-state index < -0.39 is 0 Å². The van der Waals surface area contributed by atoms with Crippen LogP contribution in [-0.4, -0.2) is 31.6 Å². The van der Waals surface area contributed by atoms with Crippen LogP contribution in [0.5, 0.6) is 23.0 Å². The molecule has 1 aliphatic heterocycles. The number of aliphatic imine (C=N–C) groups is 1. The summed E-state index contributed by atoms with van der Waals surface area (Å²) in [6, 6.07) is 21.1. The van der Waals surface area contributed by atoms with Crippen LogP contribution in [0.15, 0.2) is 71.7 Å². The van der Waals surface area contributed by atoms with E-state index in [1.54, 1.807) is 20.3 Å². The SMILES string of the molecule is CCOc1cccc([C@@H]2CC(c3cccc(OC)c3)=N[C@H](c3ccccc3OC)N2)c1O. The number of nitrogens with one attached hydrogen (secondary N) is 1. The Labute approximate surface area is 188 Å². The van der Waals surface area contributed by atoms with E-state index >= 15 is 0 Å². The fourth-order valence-electron chi connectivity index (χ4n) is 4.03. The first kappa shape index (κ1) is 21.7. The smallest absolute Gasteiger partial charge is 0.162 e. The number of hydrogen-bond acceptors (Lipinski definition) is 6. The minimum absolute atomic E-state index is 0.150. The Kier molecular flexibility index (Phi) is 6.61. The molecular weight excluding hydrogens is 404 g/mol. The molecule has 6 nitrogen and oxygen atoms in total. The summed E-state index contributed by atoms with van der Waals surface area (Å²) in [6.07, 6.45) is 0.253. The van der Waals surface area contributed by atoms with Crippen LogP contribution in [0.1, 0.15) is 42.2 Å². The number of phenolic OH excluding ortho intramolecular Hbond substituents is 1. The van der Waals surface area contributed by atoms with Gasteiger partial charge in [0.15, 0.2) is 11.5 Å². The Balaban J connectivity index is 1.79. The van der Waals surface area contributed by atoms with Crippen molar-refractivity contribution in [2.75, 3.05) is 20.8 Å². The fourth-order valence-corrected chi connectivity index (χ4v) is 4.03. The van der Waals surface area contributed by atoms with Crippen molar-refractivity contribution in [1.82, 2.24) is 5.32 Å². The molecular formula is C26H28N2O4. The van der Waals surface area contributed by atoms with Gasteiger partial charge in [-0.15, -0.1) is 0 Å². The summed E-state index contributed by atoms with van der Waals surface area (Å²) in [5.74, 6) is 2.16. The highest BCUT2D eigenvalue weighted by Crippen LogP contribution is 2.40. The molecule has 6 heteroatoms. The number of para-hydroxylation sites is 2. The van der Waals surface area contributed by atoms with Crippen LogP contribution < -0.4 is 19.5 Å². The molecule has 2 atom stereocenters. The van der Waals surface area contributed by atoms with Gasteiger partial charge in [0, 0.05) is 29.3 Å². The molecule has 0 fully saturated rings. The van der Waals surface area contributed by atoms with Crippen molar-refractivity contribution in [2.45, 2.75) is 25.6 Å². The van der Waals surface area contributed by atoms with E-state index in [1.807, 2.05) is 67.6 Å². The van der Waals surface area contributed by atoms with Crippen molar-refractivity contribution >= 4 is 5.71 Å². The molecule has 32 heavy (non-hydrogen) atoms. The summed E-state index contributed by atoms with van der Waals surface area (Å²) in [5, 5.41) is 14.5. The van der Waals surface area contributed by atoms with Crippen molar-refractivity contribution in [1.29, 1.82) is 0 Å². The first-order chi connectivity index (χ1) is 15.6. The molecule has 3 aromatic rings. The maximum absolute atomic E-state index is 10.9. The van der Waals surface area contributed by atoms with E-state index in [1.165, 1.54) is 0 Å². The van der Waals surface area contributed by atoms with Gasteiger partial charge in [0.25, 0.3) is 0 Å². The minimum atomic E-state index is -0.346. The molecule has 0 amide bonds. The molecule has 0 aromatic heterocycles. The van der Waals surface area contributed by atoms with Crippen LogP contribution in [-0.2, 0) is 0 Å². The van der Waals surface area contributed by atoms with Crippen molar-refractivity contribution in [3.8, 4) is 23.0 Å². The van der Waals surface area contributed by atoms with E-state index in [-0.39, 0.29) is 18.0 Å². The van der Waals surface area contributed by atoms with Gasteiger partial charge in [0.05, 0.1) is 20.8 Å². The number of methoxy groups -OCH3 is 2. The lowest BCUT2D eigenvalue weighted by atomic mass is 9.93. The van der Waals surface area contributed by atoms with Crippen molar-refractivity contribution in [3.63, 3.8) is 0 Å². The number of hydrogen-bond donors (Lipinski definition) is 2. The highest BCUT2D eigenvalue weighted by atomic mass is 16.5. The van der Waals surface area contributed by atoms with Gasteiger partial charge in [0.1, 0.15) is 17.7 Å². The second kappa shape index (κ2) is 9.75. The maximum atomic E-state index is 10.9. The lowest BCUT2D eigenvalue weighted by molar-refractivity contribution is 0.313. The van der Waals surface area contributed by atoms with E-state index in [4.69, 9.17) is 19.2 Å². The largest absolute Gasteiger partial charge is 0.504 e. The summed E-state index contributed by atoms with van der Waals surface area (Å²) in [6.45, 7) is 2.38. The average molecular weight is 433 g/mol. The predicted octanol–water partition coefficient (Wildman–Crippen LogP) is 5.03. The first-order valence-electron chi connectivity index (χ1n) is 10.7. The number of rotatable bonds is 7. The topological polar surface area (TPSA) is 72.3 Å². The van der Waals surface area contributed by atoms with Crippen LogP contribution in [0, 0.1) is 0 Å². The summed E-state index contributed by atoms with van der Waals surface area (Å²) in [5.41, 5.74) is 3.60. The third kappa shape index (κ3) is 4.41. The van der Waals surface area contributed by atoms with Gasteiger partial charge in [-0.05, 0) is 36.8 Å². The number of ether oxygens (including phenoxy) is 3. The van der Waals surface area contributed by atoms with Crippen LogP contribution in [0.3, 0.4) is 0 Å². The zero-order valence-corrected chi connectivity index (χ0v) is 18.5. The molecule has 2 N–H and O–H groups in total. The highest BCUT2D eigenvalue weighted by Gasteiger charge is 2.30. The molecule has 3 aromatic carbocycles. The van der Waals surface area contributed by atoms with Gasteiger partial charge in [0.2, 0.25) is 0 Å². The molecule has 0 aliphatic carbocycles. The van der Waals surface area contributed by atoms with Gasteiger partial charge in [-0.1, -0.05) is 42.5 Å². The van der Waals surface area contributed by atoms with Crippen molar-refractivity contribution in [3.05, 3.63) is 83.4 Å². The predicted molar refractivity (Wildman–Crippen MR) is 125 cm³/mol. The molecule has 1 heterocycles. The van der Waals surface area contributed by atoms with Crippen molar-refractivity contribution in [2.24, 2.45) is 4.99 Å². The zero-order chi connectivity index (χ0) is 22.5. The number of aromatic hydroxyl groups is 1. The molecule has 0 bridgehead atoms. The van der Waals surface area contributed by atoms with Gasteiger partial charge in [-0.25, -0.2) is 0 Å². The van der Waals surface area contributed by atoms with E-state index in [9.17, 15) is 5.11 Å². The lowest BCUT2D eigenvalue weighted by Gasteiger charge is -2.31. The monoisotopic (exact) mass is 432 g/mol. The van der Waals surface area contributed by atoms with Crippen LogP contribution >= 0.6 is 0 Å². The lowest BCUT2D eigenvalue weighted by Crippen LogP contribution is -2.33. The third-order valence-electron chi connectivity index (χ3n) is 5.58. The van der Waals surface area contributed by atoms with Crippen LogP contribution in [0.4, 0.5) is 0 Å². The number of nitrogens with zero attached hydrogens (tertiary/aromatic N) is 1. The second-order valence-corrected chi connectivity index (χ2v) is 7.50. The molecule has 1 aliphatic rings. The first-order valence-corrected chi connectivity index (χ1v) is 10.7. The molecule has 166 valence electrons. The second-order valence-electron chi connectivity index (χ2n) is 7.50. The summed E-state index contributed by atoms with van der Waals surface area (Å²) in [7, 11) is 3.31.